The Bertz CT molecular complexity index is 846. The van der Waals surface area contributed by atoms with Crippen LogP contribution in [0, 0.1) is 0 Å². The van der Waals surface area contributed by atoms with Crippen molar-refractivity contribution in [3.63, 3.8) is 0 Å². The topological polar surface area (TPSA) is 91.2 Å². The van der Waals surface area contributed by atoms with E-state index in [2.05, 4.69) is 20.6 Å². The van der Waals surface area contributed by atoms with Crippen LogP contribution in [0.5, 0.6) is 11.5 Å². The molecule has 0 aliphatic heterocycles. The molecule has 8 heteroatoms. The lowest BCUT2D eigenvalue weighted by Gasteiger charge is -2.10. The fraction of sp³-hybridized carbons (Fsp3) is 0.200. The maximum Gasteiger partial charge on any atom is 0.246 e. The van der Waals surface area contributed by atoms with E-state index in [1.165, 1.54) is 11.8 Å². The highest BCUT2D eigenvalue weighted by Gasteiger charge is 2.11. The average Bonchev–Trinajstić information content (AvgIpc) is 2.97. The SMILES string of the molecule is COc1ccc(NC(=O)Cn2nnc3ncccc32)cc1OC. The molecule has 1 amide bonds. The summed E-state index contributed by atoms with van der Waals surface area (Å²) >= 11 is 0. The number of fused-ring (bicyclic) bond motifs is 1. The zero-order chi connectivity index (χ0) is 16.2. The minimum Gasteiger partial charge on any atom is -0.493 e. The van der Waals surface area contributed by atoms with E-state index >= 15 is 0 Å². The Hall–Kier alpha value is -3.16. The Balaban J connectivity index is 1.74. The van der Waals surface area contributed by atoms with Gasteiger partial charge in [-0.15, -0.1) is 5.10 Å². The van der Waals surface area contributed by atoms with Gasteiger partial charge in [-0.2, -0.15) is 0 Å². The van der Waals surface area contributed by atoms with Gasteiger partial charge in [0, 0.05) is 18.0 Å². The molecule has 1 N–H and O–H groups in total. The second-order valence-electron chi connectivity index (χ2n) is 4.71. The summed E-state index contributed by atoms with van der Waals surface area (Å²) < 4.78 is 11.9. The van der Waals surface area contributed by atoms with Crippen LogP contribution in [0.1, 0.15) is 0 Å². The third-order valence-electron chi connectivity index (χ3n) is 3.25. The number of anilines is 1. The molecule has 3 rings (SSSR count). The smallest absolute Gasteiger partial charge is 0.246 e. The molecule has 2 heterocycles. The third kappa shape index (κ3) is 3.05. The molecule has 0 aliphatic rings. The number of hydrogen-bond acceptors (Lipinski definition) is 6. The summed E-state index contributed by atoms with van der Waals surface area (Å²) in [5.41, 5.74) is 1.82. The summed E-state index contributed by atoms with van der Waals surface area (Å²) in [6, 6.07) is 8.74. The molecule has 0 aliphatic carbocycles. The predicted molar refractivity (Wildman–Crippen MR) is 83.5 cm³/mol. The molecule has 2 aromatic heterocycles. The standard InChI is InChI=1S/C15H15N5O3/c1-22-12-6-5-10(8-13(12)23-2)17-14(21)9-20-11-4-3-7-16-15(11)18-19-20/h3-8H,9H2,1-2H3,(H,17,21). The molecule has 0 saturated carbocycles. The van der Waals surface area contributed by atoms with E-state index < -0.39 is 0 Å². The van der Waals surface area contributed by atoms with E-state index in [9.17, 15) is 4.79 Å². The zero-order valence-corrected chi connectivity index (χ0v) is 12.7. The molecule has 8 nitrogen and oxygen atoms in total. The van der Waals surface area contributed by atoms with Gasteiger partial charge in [-0.3, -0.25) is 4.79 Å². The van der Waals surface area contributed by atoms with E-state index in [1.807, 2.05) is 6.07 Å². The first-order valence-corrected chi connectivity index (χ1v) is 6.87. The number of methoxy groups -OCH3 is 2. The summed E-state index contributed by atoms with van der Waals surface area (Å²) in [6.07, 6.45) is 1.63. The second kappa shape index (κ2) is 6.30. The number of carbonyl (C=O) groups is 1. The minimum absolute atomic E-state index is 0.0382. The second-order valence-corrected chi connectivity index (χ2v) is 4.71. The number of pyridine rings is 1. The highest BCUT2D eigenvalue weighted by molar-refractivity contribution is 5.91. The molecule has 23 heavy (non-hydrogen) atoms. The zero-order valence-electron chi connectivity index (χ0n) is 12.7. The van der Waals surface area contributed by atoms with E-state index in [1.54, 1.807) is 37.6 Å². The van der Waals surface area contributed by atoms with Crippen LogP contribution in [0.15, 0.2) is 36.5 Å². The van der Waals surface area contributed by atoms with Crippen molar-refractivity contribution < 1.29 is 14.3 Å². The van der Waals surface area contributed by atoms with Gasteiger partial charge in [0.15, 0.2) is 11.5 Å². The van der Waals surface area contributed by atoms with Crippen molar-refractivity contribution >= 4 is 22.8 Å². The van der Waals surface area contributed by atoms with Crippen molar-refractivity contribution in [2.24, 2.45) is 0 Å². The molecule has 118 valence electrons. The molecular weight excluding hydrogens is 298 g/mol. The predicted octanol–water partition coefficient (Wildman–Crippen LogP) is 1.48. The lowest BCUT2D eigenvalue weighted by Crippen LogP contribution is -2.19. The third-order valence-corrected chi connectivity index (χ3v) is 3.25. The summed E-state index contributed by atoms with van der Waals surface area (Å²) in [5, 5.41) is 10.6. The van der Waals surface area contributed by atoms with Crippen LogP contribution in [0.25, 0.3) is 11.2 Å². The van der Waals surface area contributed by atoms with E-state index in [0.717, 1.165) is 0 Å². The Kier molecular flexibility index (Phi) is 4.05. The Morgan fingerprint density at radius 3 is 2.83 bits per heavy atom. The fourth-order valence-electron chi connectivity index (χ4n) is 2.18. The van der Waals surface area contributed by atoms with Crippen LogP contribution < -0.4 is 14.8 Å². The fourth-order valence-corrected chi connectivity index (χ4v) is 2.18. The van der Waals surface area contributed by atoms with Crippen LogP contribution in [0.3, 0.4) is 0 Å². The van der Waals surface area contributed by atoms with Crippen molar-refractivity contribution in [1.82, 2.24) is 20.0 Å². The molecule has 0 saturated heterocycles. The van der Waals surface area contributed by atoms with Crippen LogP contribution in [-0.2, 0) is 11.3 Å². The monoisotopic (exact) mass is 313 g/mol. The van der Waals surface area contributed by atoms with Crippen LogP contribution in [0.2, 0.25) is 0 Å². The van der Waals surface area contributed by atoms with Crippen LogP contribution in [0.4, 0.5) is 5.69 Å². The number of amides is 1. The van der Waals surface area contributed by atoms with E-state index in [-0.39, 0.29) is 12.5 Å². The number of ether oxygens (including phenoxy) is 2. The van der Waals surface area contributed by atoms with Crippen molar-refractivity contribution in [3.05, 3.63) is 36.5 Å². The minimum atomic E-state index is -0.229. The van der Waals surface area contributed by atoms with Gasteiger partial charge in [0.2, 0.25) is 11.6 Å². The van der Waals surface area contributed by atoms with E-state index in [4.69, 9.17) is 9.47 Å². The number of benzene rings is 1. The molecule has 0 radical (unpaired) electrons. The molecule has 0 unspecified atom stereocenters. The van der Waals surface area contributed by atoms with Gasteiger partial charge < -0.3 is 14.8 Å². The first-order chi connectivity index (χ1) is 11.2. The summed E-state index contributed by atoms with van der Waals surface area (Å²) in [7, 11) is 3.10. The molecule has 3 aromatic rings. The molecular formula is C15H15N5O3. The molecule has 0 bridgehead atoms. The van der Waals surface area contributed by atoms with Gasteiger partial charge in [0.05, 0.1) is 14.2 Å². The number of aromatic nitrogens is 4. The maximum absolute atomic E-state index is 12.2. The number of rotatable bonds is 5. The quantitative estimate of drug-likeness (QED) is 0.767. The van der Waals surface area contributed by atoms with Crippen LogP contribution in [-0.4, -0.2) is 40.1 Å². The van der Waals surface area contributed by atoms with Gasteiger partial charge in [-0.1, -0.05) is 5.21 Å². The van der Waals surface area contributed by atoms with Gasteiger partial charge in [0.1, 0.15) is 12.1 Å². The number of nitrogens with one attached hydrogen (secondary N) is 1. The normalized spacial score (nSPS) is 10.5. The Morgan fingerprint density at radius 1 is 1.22 bits per heavy atom. The van der Waals surface area contributed by atoms with Gasteiger partial charge >= 0.3 is 0 Å². The van der Waals surface area contributed by atoms with Gasteiger partial charge in [0.25, 0.3) is 0 Å². The molecule has 0 spiro atoms. The first-order valence-electron chi connectivity index (χ1n) is 6.87. The summed E-state index contributed by atoms with van der Waals surface area (Å²) in [6.45, 7) is 0.0382. The summed E-state index contributed by atoms with van der Waals surface area (Å²) in [5.74, 6) is 0.910. The van der Waals surface area contributed by atoms with Crippen molar-refractivity contribution in [3.8, 4) is 11.5 Å². The average molecular weight is 313 g/mol. The maximum atomic E-state index is 12.2. The highest BCUT2D eigenvalue weighted by atomic mass is 16.5. The summed E-state index contributed by atoms with van der Waals surface area (Å²) in [4.78, 5) is 16.3. The highest BCUT2D eigenvalue weighted by Crippen LogP contribution is 2.29. The van der Waals surface area contributed by atoms with Crippen molar-refractivity contribution in [2.75, 3.05) is 19.5 Å². The number of hydrogen-bond donors (Lipinski definition) is 1. The van der Waals surface area contributed by atoms with Gasteiger partial charge in [-0.05, 0) is 24.3 Å². The molecule has 0 atom stereocenters. The molecule has 1 aromatic carbocycles. The van der Waals surface area contributed by atoms with Crippen molar-refractivity contribution in [2.45, 2.75) is 6.54 Å². The largest absolute Gasteiger partial charge is 0.493 e. The van der Waals surface area contributed by atoms with Crippen LogP contribution >= 0.6 is 0 Å². The van der Waals surface area contributed by atoms with Crippen molar-refractivity contribution in [1.29, 1.82) is 0 Å². The number of carbonyl (C=O) groups excluding carboxylic acids is 1. The number of nitrogens with zero attached hydrogens (tertiary/aromatic N) is 4. The Labute approximate surface area is 132 Å². The van der Waals surface area contributed by atoms with Gasteiger partial charge in [-0.25, -0.2) is 9.67 Å². The lowest BCUT2D eigenvalue weighted by atomic mass is 10.2. The lowest BCUT2D eigenvalue weighted by molar-refractivity contribution is -0.116. The molecule has 0 fully saturated rings. The first kappa shape index (κ1) is 14.8. The van der Waals surface area contributed by atoms with E-state index in [0.29, 0.717) is 28.4 Å². The Morgan fingerprint density at radius 2 is 2.04 bits per heavy atom.